The minimum Gasteiger partial charge on any atom is -0.373 e. The standard InChI is InChI=1S/C16H22ClN3O/c1-9(13-6-10-3-4-11(13)5-10)19-16(21)12-7-14(17)20-15(8-12)18-2/h7-11,13H,3-6H2,1-2H3,(H,18,20)(H,19,21). The van der Waals surface area contributed by atoms with Crippen LogP contribution in [-0.4, -0.2) is 24.0 Å². The van der Waals surface area contributed by atoms with Crippen LogP contribution in [0.25, 0.3) is 0 Å². The summed E-state index contributed by atoms with van der Waals surface area (Å²) in [5, 5.41) is 6.40. The van der Waals surface area contributed by atoms with Crippen LogP contribution in [0, 0.1) is 17.8 Å². The van der Waals surface area contributed by atoms with Crippen molar-refractivity contribution in [3.05, 3.63) is 22.8 Å². The van der Waals surface area contributed by atoms with Gasteiger partial charge in [0.2, 0.25) is 0 Å². The highest BCUT2D eigenvalue weighted by Crippen LogP contribution is 2.49. The average Bonchev–Trinajstić information content (AvgIpc) is 3.09. The molecule has 0 aliphatic heterocycles. The fourth-order valence-electron chi connectivity index (χ4n) is 4.06. The van der Waals surface area contributed by atoms with E-state index in [9.17, 15) is 4.79 Å². The van der Waals surface area contributed by atoms with Crippen molar-refractivity contribution in [1.82, 2.24) is 10.3 Å². The zero-order valence-corrected chi connectivity index (χ0v) is 13.3. The number of halogens is 1. The molecule has 1 heterocycles. The molecule has 0 spiro atoms. The van der Waals surface area contributed by atoms with Crippen molar-refractivity contribution in [3.8, 4) is 0 Å². The number of nitrogens with zero attached hydrogens (tertiary/aromatic N) is 1. The van der Waals surface area contributed by atoms with Crippen LogP contribution < -0.4 is 10.6 Å². The number of carbonyl (C=O) groups is 1. The molecule has 114 valence electrons. The molecule has 2 aliphatic carbocycles. The van der Waals surface area contributed by atoms with Gasteiger partial charge in [-0.05, 0) is 56.1 Å². The molecule has 1 amide bonds. The first-order valence-electron chi connectivity index (χ1n) is 7.73. The van der Waals surface area contributed by atoms with Crippen molar-refractivity contribution in [2.24, 2.45) is 17.8 Å². The molecule has 0 aromatic carbocycles. The third kappa shape index (κ3) is 3.00. The Bertz CT molecular complexity index is 548. The summed E-state index contributed by atoms with van der Waals surface area (Å²) in [5.41, 5.74) is 0.564. The second-order valence-corrected chi connectivity index (χ2v) is 6.80. The van der Waals surface area contributed by atoms with Gasteiger partial charge < -0.3 is 10.6 Å². The number of hydrogen-bond acceptors (Lipinski definition) is 3. The monoisotopic (exact) mass is 307 g/mol. The lowest BCUT2D eigenvalue weighted by Crippen LogP contribution is -2.40. The first-order valence-corrected chi connectivity index (χ1v) is 8.11. The van der Waals surface area contributed by atoms with Crippen LogP contribution in [0.5, 0.6) is 0 Å². The minimum absolute atomic E-state index is 0.0638. The quantitative estimate of drug-likeness (QED) is 0.839. The van der Waals surface area contributed by atoms with E-state index in [-0.39, 0.29) is 11.9 Å². The zero-order chi connectivity index (χ0) is 15.0. The van der Waals surface area contributed by atoms with Gasteiger partial charge in [-0.1, -0.05) is 18.0 Å². The smallest absolute Gasteiger partial charge is 0.251 e. The molecule has 4 atom stereocenters. The Balaban J connectivity index is 1.67. The van der Waals surface area contributed by atoms with Crippen LogP contribution in [0.4, 0.5) is 5.82 Å². The Morgan fingerprint density at radius 3 is 2.81 bits per heavy atom. The number of amides is 1. The van der Waals surface area contributed by atoms with Gasteiger partial charge in [0.05, 0.1) is 0 Å². The van der Waals surface area contributed by atoms with E-state index in [1.807, 2.05) is 0 Å². The predicted molar refractivity (Wildman–Crippen MR) is 84.7 cm³/mol. The first-order chi connectivity index (χ1) is 10.1. The number of carbonyl (C=O) groups excluding carboxylic acids is 1. The number of anilines is 1. The Morgan fingerprint density at radius 2 is 2.19 bits per heavy atom. The van der Waals surface area contributed by atoms with Gasteiger partial charge in [-0.3, -0.25) is 4.79 Å². The van der Waals surface area contributed by atoms with Crippen molar-refractivity contribution in [3.63, 3.8) is 0 Å². The minimum atomic E-state index is -0.0638. The Kier molecular flexibility index (Phi) is 4.07. The van der Waals surface area contributed by atoms with E-state index < -0.39 is 0 Å². The van der Waals surface area contributed by atoms with Gasteiger partial charge >= 0.3 is 0 Å². The van der Waals surface area contributed by atoms with Crippen LogP contribution in [-0.2, 0) is 0 Å². The van der Waals surface area contributed by atoms with Gasteiger partial charge in [-0.2, -0.15) is 0 Å². The molecule has 1 aromatic heterocycles. The molecule has 2 saturated carbocycles. The SMILES string of the molecule is CNc1cc(C(=O)NC(C)C2CC3CCC2C3)cc(Cl)n1. The van der Waals surface area contributed by atoms with Gasteiger partial charge in [-0.15, -0.1) is 0 Å². The lowest BCUT2D eigenvalue weighted by molar-refractivity contribution is 0.0915. The maximum Gasteiger partial charge on any atom is 0.251 e. The topological polar surface area (TPSA) is 54.0 Å². The average molecular weight is 308 g/mol. The number of rotatable bonds is 4. The normalized spacial score (nSPS) is 28.4. The molecule has 2 aliphatic rings. The number of pyridine rings is 1. The molecule has 5 heteroatoms. The molecule has 0 radical (unpaired) electrons. The van der Waals surface area contributed by atoms with Gasteiger partial charge in [0.25, 0.3) is 5.91 Å². The molecule has 0 saturated heterocycles. The number of aromatic nitrogens is 1. The second-order valence-electron chi connectivity index (χ2n) is 6.41. The molecule has 4 nitrogen and oxygen atoms in total. The van der Waals surface area contributed by atoms with E-state index in [0.29, 0.717) is 22.5 Å². The van der Waals surface area contributed by atoms with E-state index >= 15 is 0 Å². The van der Waals surface area contributed by atoms with Crippen LogP contribution in [0.15, 0.2) is 12.1 Å². The highest BCUT2D eigenvalue weighted by molar-refractivity contribution is 6.29. The molecular weight excluding hydrogens is 286 g/mol. The van der Waals surface area contributed by atoms with E-state index in [1.165, 1.54) is 25.7 Å². The summed E-state index contributed by atoms with van der Waals surface area (Å²) in [7, 11) is 1.76. The van der Waals surface area contributed by atoms with Gasteiger partial charge in [-0.25, -0.2) is 4.98 Å². The van der Waals surface area contributed by atoms with E-state index in [1.54, 1.807) is 19.2 Å². The van der Waals surface area contributed by atoms with Crippen molar-refractivity contribution in [2.45, 2.75) is 38.6 Å². The highest BCUT2D eigenvalue weighted by Gasteiger charge is 2.42. The molecule has 3 rings (SSSR count). The van der Waals surface area contributed by atoms with Crippen molar-refractivity contribution < 1.29 is 4.79 Å². The van der Waals surface area contributed by atoms with Crippen LogP contribution in [0.3, 0.4) is 0 Å². The summed E-state index contributed by atoms with van der Waals surface area (Å²) >= 11 is 5.96. The third-order valence-electron chi connectivity index (χ3n) is 5.11. The summed E-state index contributed by atoms with van der Waals surface area (Å²) in [5.74, 6) is 2.88. The molecule has 2 fully saturated rings. The molecule has 21 heavy (non-hydrogen) atoms. The Labute approximate surface area is 130 Å². The van der Waals surface area contributed by atoms with Crippen LogP contribution >= 0.6 is 11.6 Å². The molecule has 1 aromatic rings. The fraction of sp³-hybridized carbons (Fsp3) is 0.625. The largest absolute Gasteiger partial charge is 0.373 e. The van der Waals surface area contributed by atoms with E-state index in [4.69, 9.17) is 11.6 Å². The maximum absolute atomic E-state index is 12.4. The van der Waals surface area contributed by atoms with Crippen molar-refractivity contribution in [2.75, 3.05) is 12.4 Å². The first kappa shape index (κ1) is 14.6. The number of hydrogen-bond donors (Lipinski definition) is 2. The van der Waals surface area contributed by atoms with Gasteiger partial charge in [0.1, 0.15) is 11.0 Å². The van der Waals surface area contributed by atoms with Crippen molar-refractivity contribution in [1.29, 1.82) is 0 Å². The lowest BCUT2D eigenvalue weighted by atomic mass is 9.84. The molecule has 4 unspecified atom stereocenters. The number of nitrogens with one attached hydrogen (secondary N) is 2. The second kappa shape index (κ2) is 5.84. The van der Waals surface area contributed by atoms with Crippen LogP contribution in [0.2, 0.25) is 5.15 Å². The molecule has 2 bridgehead atoms. The van der Waals surface area contributed by atoms with E-state index in [0.717, 1.165) is 11.8 Å². The molecule has 2 N–H and O–H groups in total. The van der Waals surface area contributed by atoms with Crippen molar-refractivity contribution >= 4 is 23.3 Å². The summed E-state index contributed by atoms with van der Waals surface area (Å²) in [6.45, 7) is 2.13. The van der Waals surface area contributed by atoms with Gasteiger partial charge in [0.15, 0.2) is 0 Å². The summed E-state index contributed by atoms with van der Waals surface area (Å²) in [6.07, 6.45) is 5.34. The van der Waals surface area contributed by atoms with E-state index in [2.05, 4.69) is 22.5 Å². The number of fused-ring (bicyclic) bond motifs is 2. The van der Waals surface area contributed by atoms with Crippen LogP contribution in [0.1, 0.15) is 43.0 Å². The highest BCUT2D eigenvalue weighted by atomic mass is 35.5. The lowest BCUT2D eigenvalue weighted by Gasteiger charge is -2.28. The fourth-order valence-corrected chi connectivity index (χ4v) is 4.27. The maximum atomic E-state index is 12.4. The predicted octanol–water partition coefficient (Wildman–Crippen LogP) is 3.33. The zero-order valence-electron chi connectivity index (χ0n) is 12.5. The summed E-state index contributed by atoms with van der Waals surface area (Å²) < 4.78 is 0. The molecular formula is C16H22ClN3O. The third-order valence-corrected chi connectivity index (χ3v) is 5.30. The van der Waals surface area contributed by atoms with Gasteiger partial charge in [0, 0.05) is 18.7 Å². The Hall–Kier alpha value is -1.29. The summed E-state index contributed by atoms with van der Waals surface area (Å²) in [4.78, 5) is 16.5. The Morgan fingerprint density at radius 1 is 1.38 bits per heavy atom. The summed E-state index contributed by atoms with van der Waals surface area (Å²) in [6, 6.07) is 3.57.